The highest BCUT2D eigenvalue weighted by molar-refractivity contribution is 5.44. The third-order valence-electron chi connectivity index (χ3n) is 3.89. The van der Waals surface area contributed by atoms with Gasteiger partial charge in [0.1, 0.15) is 0 Å². The van der Waals surface area contributed by atoms with Crippen molar-refractivity contribution in [2.75, 3.05) is 18.0 Å². The van der Waals surface area contributed by atoms with Crippen LogP contribution in [0.4, 0.5) is 5.69 Å². The molecule has 1 aliphatic rings. The summed E-state index contributed by atoms with van der Waals surface area (Å²) in [6.07, 6.45) is 4.01. The molecule has 1 fully saturated rings. The standard InChI is InChI=1S/C17H20N2O2/c20-17-12-15(6-9-18-17)19-10-7-16(8-11-19)21-13-14-4-2-1-3-5-14/h1-6,9,12,16H,7-8,10-11,13H2,(H,18,20). The summed E-state index contributed by atoms with van der Waals surface area (Å²) in [4.78, 5) is 16.2. The van der Waals surface area contributed by atoms with Crippen molar-refractivity contribution < 1.29 is 4.74 Å². The number of hydrogen-bond acceptors (Lipinski definition) is 3. The second-order valence-corrected chi connectivity index (χ2v) is 5.39. The van der Waals surface area contributed by atoms with Crippen molar-refractivity contribution >= 4 is 5.69 Å². The van der Waals surface area contributed by atoms with Gasteiger partial charge in [-0.1, -0.05) is 30.3 Å². The number of nitrogens with one attached hydrogen (secondary N) is 1. The zero-order chi connectivity index (χ0) is 14.5. The number of ether oxygens (including phenoxy) is 1. The van der Waals surface area contributed by atoms with Crippen LogP contribution in [0.3, 0.4) is 0 Å². The summed E-state index contributed by atoms with van der Waals surface area (Å²) < 4.78 is 5.98. The predicted octanol–water partition coefficient (Wildman–Crippen LogP) is 2.56. The highest BCUT2D eigenvalue weighted by Gasteiger charge is 2.20. The lowest BCUT2D eigenvalue weighted by molar-refractivity contribution is 0.0251. The van der Waals surface area contributed by atoms with Crippen LogP contribution in [0.25, 0.3) is 0 Å². The van der Waals surface area contributed by atoms with Gasteiger partial charge in [-0.3, -0.25) is 4.79 Å². The Morgan fingerprint density at radius 1 is 1.14 bits per heavy atom. The maximum absolute atomic E-state index is 11.3. The van der Waals surface area contributed by atoms with Crippen LogP contribution in [0.15, 0.2) is 53.5 Å². The molecule has 0 aliphatic carbocycles. The zero-order valence-electron chi connectivity index (χ0n) is 12.0. The first-order chi connectivity index (χ1) is 10.3. The molecule has 0 atom stereocenters. The molecule has 0 radical (unpaired) electrons. The molecule has 3 rings (SSSR count). The van der Waals surface area contributed by atoms with Gasteiger partial charge in [0.25, 0.3) is 0 Å². The molecule has 1 aromatic heterocycles. The summed E-state index contributed by atoms with van der Waals surface area (Å²) in [5, 5.41) is 0. The van der Waals surface area contributed by atoms with Crippen molar-refractivity contribution in [1.29, 1.82) is 0 Å². The number of hydrogen-bond donors (Lipinski definition) is 1. The van der Waals surface area contributed by atoms with Crippen LogP contribution in [0, 0.1) is 0 Å². The number of nitrogens with zero attached hydrogens (tertiary/aromatic N) is 1. The zero-order valence-corrected chi connectivity index (χ0v) is 12.0. The van der Waals surface area contributed by atoms with Gasteiger partial charge in [-0.15, -0.1) is 0 Å². The molecule has 4 nitrogen and oxygen atoms in total. The number of benzene rings is 1. The van der Waals surface area contributed by atoms with Crippen LogP contribution in [0.5, 0.6) is 0 Å². The second-order valence-electron chi connectivity index (χ2n) is 5.39. The first kappa shape index (κ1) is 13.9. The van der Waals surface area contributed by atoms with E-state index in [9.17, 15) is 4.79 Å². The maximum Gasteiger partial charge on any atom is 0.249 e. The number of piperidine rings is 1. The molecule has 2 aromatic rings. The third-order valence-corrected chi connectivity index (χ3v) is 3.89. The van der Waals surface area contributed by atoms with Gasteiger partial charge in [0, 0.05) is 31.0 Å². The molecule has 0 spiro atoms. The summed E-state index contributed by atoms with van der Waals surface area (Å²) in [6.45, 7) is 2.54. The Balaban J connectivity index is 1.50. The van der Waals surface area contributed by atoms with Crippen LogP contribution >= 0.6 is 0 Å². The van der Waals surface area contributed by atoms with Crippen LogP contribution in [-0.4, -0.2) is 24.2 Å². The largest absolute Gasteiger partial charge is 0.373 e. The van der Waals surface area contributed by atoms with Crippen molar-refractivity contribution in [3.05, 3.63) is 64.6 Å². The number of rotatable bonds is 4. The molecule has 1 saturated heterocycles. The van der Waals surface area contributed by atoms with Gasteiger partial charge in [0.05, 0.1) is 12.7 Å². The monoisotopic (exact) mass is 284 g/mol. The van der Waals surface area contributed by atoms with Crippen molar-refractivity contribution in [3.8, 4) is 0 Å². The van der Waals surface area contributed by atoms with E-state index >= 15 is 0 Å². The Kier molecular flexibility index (Phi) is 4.36. The predicted molar refractivity (Wildman–Crippen MR) is 83.5 cm³/mol. The Bertz CT molecular complexity index is 616. The van der Waals surface area contributed by atoms with Crippen molar-refractivity contribution in [1.82, 2.24) is 4.98 Å². The highest BCUT2D eigenvalue weighted by atomic mass is 16.5. The van der Waals surface area contributed by atoms with Gasteiger partial charge in [0.2, 0.25) is 5.56 Å². The Morgan fingerprint density at radius 3 is 2.62 bits per heavy atom. The quantitative estimate of drug-likeness (QED) is 0.938. The molecule has 4 heteroatoms. The summed E-state index contributed by atoms with van der Waals surface area (Å²) in [5.74, 6) is 0. The van der Waals surface area contributed by atoms with Crippen LogP contribution in [-0.2, 0) is 11.3 Å². The fourth-order valence-electron chi connectivity index (χ4n) is 2.70. The SMILES string of the molecule is O=c1cc(N2CCC(OCc3ccccc3)CC2)cc[nH]1. The Hall–Kier alpha value is -2.07. The third kappa shape index (κ3) is 3.73. The van der Waals surface area contributed by atoms with E-state index in [-0.39, 0.29) is 5.56 Å². The van der Waals surface area contributed by atoms with E-state index < -0.39 is 0 Å². The summed E-state index contributed by atoms with van der Waals surface area (Å²) in [5.41, 5.74) is 2.17. The van der Waals surface area contributed by atoms with E-state index in [2.05, 4.69) is 22.0 Å². The topological polar surface area (TPSA) is 45.3 Å². The number of aromatic nitrogens is 1. The van der Waals surface area contributed by atoms with Crippen LogP contribution in [0.1, 0.15) is 18.4 Å². The molecule has 2 heterocycles. The number of aromatic amines is 1. The maximum atomic E-state index is 11.3. The van der Waals surface area contributed by atoms with Gasteiger partial charge in [-0.25, -0.2) is 0 Å². The molecule has 0 bridgehead atoms. The number of anilines is 1. The van der Waals surface area contributed by atoms with Crippen LogP contribution in [0.2, 0.25) is 0 Å². The van der Waals surface area contributed by atoms with Crippen molar-refractivity contribution in [2.24, 2.45) is 0 Å². The van der Waals surface area contributed by atoms with E-state index in [0.717, 1.165) is 31.6 Å². The second kappa shape index (κ2) is 6.59. The normalized spacial score (nSPS) is 16.1. The summed E-state index contributed by atoms with van der Waals surface area (Å²) >= 11 is 0. The van der Waals surface area contributed by atoms with E-state index in [1.165, 1.54) is 5.56 Å². The molecule has 1 N–H and O–H groups in total. The molecule has 110 valence electrons. The average molecular weight is 284 g/mol. The van der Waals surface area contributed by atoms with E-state index in [4.69, 9.17) is 4.74 Å². The molecule has 21 heavy (non-hydrogen) atoms. The van der Waals surface area contributed by atoms with Gasteiger partial charge in [-0.05, 0) is 24.5 Å². The van der Waals surface area contributed by atoms with E-state index in [1.54, 1.807) is 12.3 Å². The lowest BCUT2D eigenvalue weighted by Crippen LogP contribution is -2.37. The Morgan fingerprint density at radius 2 is 1.90 bits per heavy atom. The first-order valence-electron chi connectivity index (χ1n) is 7.40. The molecule has 0 unspecified atom stereocenters. The van der Waals surface area contributed by atoms with Gasteiger partial charge < -0.3 is 14.6 Å². The molecular formula is C17H20N2O2. The minimum atomic E-state index is -0.0463. The molecular weight excluding hydrogens is 264 g/mol. The minimum Gasteiger partial charge on any atom is -0.373 e. The van der Waals surface area contributed by atoms with Gasteiger partial charge in [-0.2, -0.15) is 0 Å². The molecule has 1 aromatic carbocycles. The lowest BCUT2D eigenvalue weighted by atomic mass is 10.1. The van der Waals surface area contributed by atoms with Crippen molar-refractivity contribution in [3.63, 3.8) is 0 Å². The fourth-order valence-corrected chi connectivity index (χ4v) is 2.70. The smallest absolute Gasteiger partial charge is 0.249 e. The molecule has 0 amide bonds. The number of pyridine rings is 1. The van der Waals surface area contributed by atoms with Crippen LogP contribution < -0.4 is 10.5 Å². The average Bonchev–Trinajstić information content (AvgIpc) is 2.54. The highest BCUT2D eigenvalue weighted by Crippen LogP contribution is 2.20. The summed E-state index contributed by atoms with van der Waals surface area (Å²) in [6, 6.07) is 13.9. The fraction of sp³-hybridized carbons (Fsp3) is 0.353. The molecule has 0 saturated carbocycles. The van der Waals surface area contributed by atoms with Gasteiger partial charge in [0.15, 0.2) is 0 Å². The first-order valence-corrected chi connectivity index (χ1v) is 7.40. The van der Waals surface area contributed by atoms with Gasteiger partial charge >= 0.3 is 0 Å². The number of H-pyrrole nitrogens is 1. The molecule has 1 aliphatic heterocycles. The Labute approximate surface area is 124 Å². The minimum absolute atomic E-state index is 0.0463. The van der Waals surface area contributed by atoms with E-state index in [0.29, 0.717) is 12.7 Å². The summed E-state index contributed by atoms with van der Waals surface area (Å²) in [7, 11) is 0. The van der Waals surface area contributed by atoms with Crippen molar-refractivity contribution in [2.45, 2.75) is 25.6 Å². The lowest BCUT2D eigenvalue weighted by Gasteiger charge is -2.33. The van der Waals surface area contributed by atoms with E-state index in [1.807, 2.05) is 24.3 Å².